The number of nitrogens with one attached hydrogen (secondary N) is 1. The number of carbonyl (C=O) groups excluding carboxylic acids is 1. The highest BCUT2D eigenvalue weighted by Crippen LogP contribution is 2.32. The third-order valence-electron chi connectivity index (χ3n) is 3.99. The minimum absolute atomic E-state index is 0.208. The molecule has 3 aromatic rings. The lowest BCUT2D eigenvalue weighted by Gasteiger charge is -2.19. The predicted octanol–water partition coefficient (Wildman–Crippen LogP) is 3.11. The van der Waals surface area contributed by atoms with Crippen molar-refractivity contribution in [1.82, 2.24) is 9.55 Å². The molecule has 0 radical (unpaired) electrons. The van der Waals surface area contributed by atoms with Gasteiger partial charge in [0.15, 0.2) is 11.5 Å². The first-order valence-electron chi connectivity index (χ1n) is 8.05. The second-order valence-electron chi connectivity index (χ2n) is 5.87. The smallest absolute Gasteiger partial charge is 0.261 e. The van der Waals surface area contributed by atoms with Gasteiger partial charge in [-0.3, -0.25) is 14.2 Å². The lowest BCUT2D eigenvalue weighted by molar-refractivity contribution is -0.116. The third-order valence-corrected chi connectivity index (χ3v) is 4.49. The van der Waals surface area contributed by atoms with Gasteiger partial charge in [0.1, 0.15) is 19.8 Å². The number of hydrogen-bond acceptors (Lipinski definition) is 5. The molecular formula is C18H13Cl2N3O4. The first-order valence-corrected chi connectivity index (χ1v) is 8.80. The van der Waals surface area contributed by atoms with Crippen LogP contribution >= 0.6 is 23.2 Å². The van der Waals surface area contributed by atoms with Crippen molar-refractivity contribution in [2.24, 2.45) is 0 Å². The van der Waals surface area contributed by atoms with Crippen molar-refractivity contribution >= 4 is 45.7 Å². The van der Waals surface area contributed by atoms with Gasteiger partial charge in [0.2, 0.25) is 5.91 Å². The van der Waals surface area contributed by atoms with Crippen LogP contribution in [0, 0.1) is 0 Å². The van der Waals surface area contributed by atoms with E-state index in [1.165, 1.54) is 23.0 Å². The molecule has 0 fully saturated rings. The zero-order valence-electron chi connectivity index (χ0n) is 13.9. The summed E-state index contributed by atoms with van der Waals surface area (Å²) in [6.45, 7) is 0.735. The summed E-state index contributed by atoms with van der Waals surface area (Å²) in [6, 6.07) is 8.09. The Hall–Kier alpha value is -2.77. The highest BCUT2D eigenvalue weighted by atomic mass is 35.5. The van der Waals surface area contributed by atoms with Crippen LogP contribution in [-0.2, 0) is 11.3 Å². The topological polar surface area (TPSA) is 82.5 Å². The Balaban J connectivity index is 1.56. The number of hydrogen-bond donors (Lipinski definition) is 1. The van der Waals surface area contributed by atoms with Crippen LogP contribution in [0.4, 0.5) is 5.69 Å². The second kappa shape index (κ2) is 7.09. The fourth-order valence-corrected chi connectivity index (χ4v) is 3.33. The summed E-state index contributed by atoms with van der Waals surface area (Å²) < 4.78 is 12.1. The molecule has 2 aromatic carbocycles. The van der Waals surface area contributed by atoms with Crippen LogP contribution in [0.3, 0.4) is 0 Å². The largest absolute Gasteiger partial charge is 0.486 e. The molecular weight excluding hydrogens is 393 g/mol. The zero-order valence-corrected chi connectivity index (χ0v) is 15.4. The van der Waals surface area contributed by atoms with E-state index in [2.05, 4.69) is 10.3 Å². The second-order valence-corrected chi connectivity index (χ2v) is 6.71. The number of aromatic nitrogens is 2. The van der Waals surface area contributed by atoms with E-state index in [0.29, 0.717) is 40.9 Å². The SMILES string of the molecule is O=C(Cn1cnc2c(Cl)cc(Cl)cc2c1=O)Nc1ccc2c(c1)OCCO2. The summed E-state index contributed by atoms with van der Waals surface area (Å²) in [5, 5.41) is 3.58. The van der Waals surface area contributed by atoms with Gasteiger partial charge in [0.05, 0.1) is 22.3 Å². The van der Waals surface area contributed by atoms with Crippen LogP contribution in [-0.4, -0.2) is 28.7 Å². The molecule has 138 valence electrons. The van der Waals surface area contributed by atoms with Crippen molar-refractivity contribution in [3.8, 4) is 11.5 Å². The zero-order chi connectivity index (χ0) is 19.0. The van der Waals surface area contributed by atoms with Crippen LogP contribution in [0.2, 0.25) is 10.0 Å². The fourth-order valence-electron chi connectivity index (χ4n) is 2.78. The molecule has 0 atom stereocenters. The van der Waals surface area contributed by atoms with Gasteiger partial charge < -0.3 is 14.8 Å². The number of benzene rings is 2. The van der Waals surface area contributed by atoms with E-state index < -0.39 is 5.56 Å². The monoisotopic (exact) mass is 405 g/mol. The molecule has 9 heteroatoms. The van der Waals surface area contributed by atoms with Crippen molar-refractivity contribution in [3.05, 3.63) is 57.1 Å². The molecule has 7 nitrogen and oxygen atoms in total. The van der Waals surface area contributed by atoms with E-state index in [0.717, 1.165) is 0 Å². The number of carbonyl (C=O) groups is 1. The first-order chi connectivity index (χ1) is 13.0. The van der Waals surface area contributed by atoms with E-state index in [1.54, 1.807) is 18.2 Å². The summed E-state index contributed by atoms with van der Waals surface area (Å²) in [4.78, 5) is 29.1. The van der Waals surface area contributed by atoms with E-state index in [-0.39, 0.29) is 22.9 Å². The number of anilines is 1. The molecule has 0 spiro atoms. The summed E-state index contributed by atoms with van der Waals surface area (Å²) in [5.41, 5.74) is 0.480. The van der Waals surface area contributed by atoms with Gasteiger partial charge in [0, 0.05) is 16.8 Å². The highest BCUT2D eigenvalue weighted by molar-refractivity contribution is 6.38. The van der Waals surface area contributed by atoms with E-state index in [1.807, 2.05) is 0 Å². The molecule has 0 unspecified atom stereocenters. The van der Waals surface area contributed by atoms with Gasteiger partial charge in [-0.2, -0.15) is 0 Å². The maximum Gasteiger partial charge on any atom is 0.261 e. The van der Waals surface area contributed by atoms with Gasteiger partial charge in [-0.25, -0.2) is 4.98 Å². The standard InChI is InChI=1S/C18H13Cl2N3O4/c19-10-5-12-17(13(20)6-10)21-9-23(18(12)25)8-16(24)22-11-1-2-14-15(7-11)27-4-3-26-14/h1-2,5-7,9H,3-4,8H2,(H,22,24). The lowest BCUT2D eigenvalue weighted by atomic mass is 10.2. The van der Waals surface area contributed by atoms with Gasteiger partial charge in [-0.15, -0.1) is 0 Å². The predicted molar refractivity (Wildman–Crippen MR) is 102 cm³/mol. The Morgan fingerprint density at radius 3 is 2.74 bits per heavy atom. The number of fused-ring (bicyclic) bond motifs is 2. The quantitative estimate of drug-likeness (QED) is 0.723. The molecule has 0 bridgehead atoms. The normalized spacial score (nSPS) is 12.8. The first kappa shape index (κ1) is 17.6. The summed E-state index contributed by atoms with van der Waals surface area (Å²) in [5.74, 6) is 0.805. The van der Waals surface area contributed by atoms with Crippen molar-refractivity contribution in [2.45, 2.75) is 6.54 Å². The molecule has 4 rings (SSSR count). The number of nitrogens with zero attached hydrogens (tertiary/aromatic N) is 2. The van der Waals surface area contributed by atoms with E-state index in [4.69, 9.17) is 32.7 Å². The Morgan fingerprint density at radius 2 is 1.93 bits per heavy atom. The summed E-state index contributed by atoms with van der Waals surface area (Å²) in [6.07, 6.45) is 1.29. The van der Waals surface area contributed by atoms with Crippen LogP contribution in [0.5, 0.6) is 11.5 Å². The number of halogens is 2. The molecule has 0 saturated heterocycles. The highest BCUT2D eigenvalue weighted by Gasteiger charge is 2.14. The number of rotatable bonds is 3. The molecule has 0 aliphatic carbocycles. The van der Waals surface area contributed by atoms with Crippen molar-refractivity contribution in [2.75, 3.05) is 18.5 Å². The van der Waals surface area contributed by atoms with Gasteiger partial charge >= 0.3 is 0 Å². The van der Waals surface area contributed by atoms with Crippen LogP contribution in [0.15, 0.2) is 41.5 Å². The third kappa shape index (κ3) is 3.56. The molecule has 0 saturated carbocycles. The van der Waals surface area contributed by atoms with Crippen LogP contribution < -0.4 is 20.3 Å². The summed E-state index contributed by atoms with van der Waals surface area (Å²) >= 11 is 12.0. The van der Waals surface area contributed by atoms with Crippen LogP contribution in [0.1, 0.15) is 0 Å². The van der Waals surface area contributed by atoms with E-state index >= 15 is 0 Å². The molecule has 1 aliphatic rings. The molecule has 1 aromatic heterocycles. The Bertz CT molecular complexity index is 1110. The van der Waals surface area contributed by atoms with Gasteiger partial charge in [0.25, 0.3) is 5.56 Å². The Labute approximate surface area is 163 Å². The fraction of sp³-hybridized carbons (Fsp3) is 0.167. The van der Waals surface area contributed by atoms with Crippen molar-refractivity contribution in [3.63, 3.8) is 0 Å². The maximum absolute atomic E-state index is 12.6. The molecule has 2 heterocycles. The maximum atomic E-state index is 12.6. The molecule has 1 aliphatic heterocycles. The lowest BCUT2D eigenvalue weighted by Crippen LogP contribution is -2.28. The average molecular weight is 406 g/mol. The van der Waals surface area contributed by atoms with Gasteiger partial charge in [-0.05, 0) is 24.3 Å². The Morgan fingerprint density at radius 1 is 1.15 bits per heavy atom. The van der Waals surface area contributed by atoms with Crippen molar-refractivity contribution in [1.29, 1.82) is 0 Å². The Kier molecular flexibility index (Phi) is 4.63. The van der Waals surface area contributed by atoms with Crippen LogP contribution in [0.25, 0.3) is 10.9 Å². The minimum atomic E-state index is -0.401. The van der Waals surface area contributed by atoms with Gasteiger partial charge in [-0.1, -0.05) is 23.2 Å². The molecule has 27 heavy (non-hydrogen) atoms. The number of ether oxygens (including phenoxy) is 2. The van der Waals surface area contributed by atoms with Crippen molar-refractivity contribution < 1.29 is 14.3 Å². The molecule has 1 amide bonds. The molecule has 1 N–H and O–H groups in total. The number of amides is 1. The van der Waals surface area contributed by atoms with E-state index in [9.17, 15) is 9.59 Å². The summed E-state index contributed by atoms with van der Waals surface area (Å²) in [7, 11) is 0. The average Bonchev–Trinajstić information content (AvgIpc) is 2.64. The minimum Gasteiger partial charge on any atom is -0.486 e.